The van der Waals surface area contributed by atoms with Gasteiger partial charge in [0.25, 0.3) is 0 Å². The minimum Gasteiger partial charge on any atom is -0.393 e. The summed E-state index contributed by atoms with van der Waals surface area (Å²) in [5.74, 6) is 1.22. The van der Waals surface area contributed by atoms with Crippen LogP contribution in [0.4, 0.5) is 0 Å². The topological polar surface area (TPSA) is 58.7 Å². The largest absolute Gasteiger partial charge is 0.393 e. The van der Waals surface area contributed by atoms with Crippen molar-refractivity contribution in [2.24, 2.45) is 17.6 Å². The van der Waals surface area contributed by atoms with Crippen molar-refractivity contribution in [3.63, 3.8) is 0 Å². The second kappa shape index (κ2) is 6.14. The second-order valence-electron chi connectivity index (χ2n) is 5.56. The Morgan fingerprint density at radius 3 is 2.88 bits per heavy atom. The van der Waals surface area contributed by atoms with Crippen LogP contribution >= 0.6 is 0 Å². The van der Waals surface area contributed by atoms with E-state index in [1.807, 2.05) is 0 Å². The summed E-state index contributed by atoms with van der Waals surface area (Å²) < 4.78 is 5.32. The summed E-state index contributed by atoms with van der Waals surface area (Å²) >= 11 is 0. The Morgan fingerprint density at radius 1 is 1.41 bits per heavy atom. The molecule has 2 fully saturated rings. The van der Waals surface area contributed by atoms with Crippen LogP contribution < -0.4 is 5.73 Å². The van der Waals surface area contributed by atoms with Crippen LogP contribution in [0.25, 0.3) is 0 Å². The van der Waals surface area contributed by atoms with Crippen LogP contribution in [0.5, 0.6) is 0 Å². The molecule has 1 aliphatic carbocycles. The van der Waals surface area contributed by atoms with E-state index in [-0.39, 0.29) is 6.10 Å². The van der Waals surface area contributed by atoms with Gasteiger partial charge in [-0.15, -0.1) is 0 Å². The maximum atomic E-state index is 9.93. The maximum Gasteiger partial charge on any atom is 0.0618 e. The maximum absolute atomic E-state index is 9.93. The first-order chi connectivity index (χ1) is 8.26. The smallest absolute Gasteiger partial charge is 0.0618 e. The van der Waals surface area contributed by atoms with Crippen molar-refractivity contribution in [2.75, 3.05) is 33.4 Å². The van der Waals surface area contributed by atoms with Crippen molar-refractivity contribution in [2.45, 2.75) is 37.8 Å². The predicted octanol–water partition coefficient (Wildman–Crippen LogP) is 0.443. The Hall–Kier alpha value is -0.160. The van der Waals surface area contributed by atoms with Crippen LogP contribution in [0.15, 0.2) is 0 Å². The van der Waals surface area contributed by atoms with Gasteiger partial charge in [-0.3, -0.25) is 4.90 Å². The molecule has 4 heteroatoms. The number of nitrogens with zero attached hydrogens (tertiary/aromatic N) is 1. The SMILES string of the molecule is COCC(CCCN)N1CC2CCC(O)C2C1. The molecular formula is C13H26N2O2. The molecule has 0 aromatic rings. The highest BCUT2D eigenvalue weighted by atomic mass is 16.5. The lowest BCUT2D eigenvalue weighted by molar-refractivity contribution is 0.0802. The number of nitrogens with two attached hydrogens (primary N) is 1. The van der Waals surface area contributed by atoms with Gasteiger partial charge in [0.1, 0.15) is 0 Å². The number of hydrogen-bond acceptors (Lipinski definition) is 4. The molecule has 2 rings (SSSR count). The Morgan fingerprint density at radius 2 is 2.24 bits per heavy atom. The number of ether oxygens (including phenoxy) is 1. The number of methoxy groups -OCH3 is 1. The van der Waals surface area contributed by atoms with Crippen molar-refractivity contribution < 1.29 is 9.84 Å². The molecule has 0 amide bonds. The van der Waals surface area contributed by atoms with Gasteiger partial charge < -0.3 is 15.6 Å². The molecule has 0 spiro atoms. The molecule has 17 heavy (non-hydrogen) atoms. The molecule has 1 aliphatic heterocycles. The van der Waals surface area contributed by atoms with E-state index in [1.165, 1.54) is 6.42 Å². The lowest BCUT2D eigenvalue weighted by atomic mass is 10.00. The van der Waals surface area contributed by atoms with Crippen molar-refractivity contribution in [1.82, 2.24) is 4.90 Å². The van der Waals surface area contributed by atoms with Crippen LogP contribution in [0, 0.1) is 11.8 Å². The number of rotatable bonds is 6. The Balaban J connectivity index is 1.87. The molecular weight excluding hydrogens is 216 g/mol. The number of fused-ring (bicyclic) bond motifs is 1. The number of hydrogen-bond donors (Lipinski definition) is 2. The molecule has 1 saturated carbocycles. The Labute approximate surface area is 104 Å². The third-order valence-corrected chi connectivity index (χ3v) is 4.46. The second-order valence-corrected chi connectivity index (χ2v) is 5.56. The molecule has 4 nitrogen and oxygen atoms in total. The lowest BCUT2D eigenvalue weighted by Gasteiger charge is -2.28. The Kier molecular flexibility index (Phi) is 4.79. The normalized spacial score (nSPS) is 35.1. The first-order valence-electron chi connectivity index (χ1n) is 6.87. The van der Waals surface area contributed by atoms with Gasteiger partial charge in [-0.2, -0.15) is 0 Å². The minimum absolute atomic E-state index is 0.0669. The highest BCUT2D eigenvalue weighted by molar-refractivity contribution is 4.95. The summed E-state index contributed by atoms with van der Waals surface area (Å²) in [6, 6.07) is 0.487. The third kappa shape index (κ3) is 2.99. The van der Waals surface area contributed by atoms with E-state index in [0.717, 1.165) is 45.5 Å². The molecule has 1 saturated heterocycles. The van der Waals surface area contributed by atoms with Gasteiger partial charge >= 0.3 is 0 Å². The quantitative estimate of drug-likeness (QED) is 0.710. The molecule has 100 valence electrons. The summed E-state index contributed by atoms with van der Waals surface area (Å²) in [4.78, 5) is 2.51. The van der Waals surface area contributed by atoms with E-state index in [0.29, 0.717) is 17.9 Å². The van der Waals surface area contributed by atoms with Crippen LogP contribution in [-0.4, -0.2) is 55.5 Å². The van der Waals surface area contributed by atoms with Crippen molar-refractivity contribution in [1.29, 1.82) is 0 Å². The molecule has 0 aromatic heterocycles. The van der Waals surface area contributed by atoms with Gasteiger partial charge in [0, 0.05) is 32.2 Å². The molecule has 0 bridgehead atoms. The Bertz CT molecular complexity index is 237. The summed E-state index contributed by atoms with van der Waals surface area (Å²) in [7, 11) is 1.77. The van der Waals surface area contributed by atoms with Gasteiger partial charge in [-0.1, -0.05) is 0 Å². The van der Waals surface area contributed by atoms with Crippen molar-refractivity contribution in [3.05, 3.63) is 0 Å². The zero-order valence-corrected chi connectivity index (χ0v) is 10.8. The summed E-state index contributed by atoms with van der Waals surface area (Å²) in [6.45, 7) is 3.73. The van der Waals surface area contributed by atoms with Gasteiger partial charge in [-0.05, 0) is 38.1 Å². The zero-order chi connectivity index (χ0) is 12.3. The molecule has 0 radical (unpaired) electrons. The predicted molar refractivity (Wildman–Crippen MR) is 67.7 cm³/mol. The molecule has 3 N–H and O–H groups in total. The van der Waals surface area contributed by atoms with Crippen LogP contribution in [-0.2, 0) is 4.74 Å². The molecule has 2 aliphatic rings. The third-order valence-electron chi connectivity index (χ3n) is 4.46. The van der Waals surface area contributed by atoms with Crippen molar-refractivity contribution in [3.8, 4) is 0 Å². The van der Waals surface area contributed by atoms with E-state index < -0.39 is 0 Å². The minimum atomic E-state index is -0.0669. The van der Waals surface area contributed by atoms with Crippen LogP contribution in [0.3, 0.4) is 0 Å². The molecule has 4 unspecified atom stereocenters. The highest BCUT2D eigenvalue weighted by Crippen LogP contribution is 2.39. The van der Waals surface area contributed by atoms with Crippen LogP contribution in [0.2, 0.25) is 0 Å². The number of aliphatic hydroxyl groups excluding tert-OH is 1. The van der Waals surface area contributed by atoms with E-state index in [4.69, 9.17) is 10.5 Å². The molecule has 0 aromatic carbocycles. The van der Waals surface area contributed by atoms with E-state index in [9.17, 15) is 5.11 Å². The fourth-order valence-electron chi connectivity index (χ4n) is 3.49. The number of aliphatic hydroxyl groups is 1. The van der Waals surface area contributed by atoms with Gasteiger partial charge in [0.15, 0.2) is 0 Å². The average molecular weight is 242 g/mol. The van der Waals surface area contributed by atoms with Crippen LogP contribution in [0.1, 0.15) is 25.7 Å². The summed E-state index contributed by atoms with van der Waals surface area (Å²) in [5.41, 5.74) is 5.59. The first-order valence-corrected chi connectivity index (χ1v) is 6.87. The van der Waals surface area contributed by atoms with E-state index in [1.54, 1.807) is 7.11 Å². The molecule has 1 heterocycles. The summed E-state index contributed by atoms with van der Waals surface area (Å²) in [5, 5.41) is 9.93. The lowest BCUT2D eigenvalue weighted by Crippen LogP contribution is -2.38. The first kappa shape index (κ1) is 13.3. The number of likely N-dealkylation sites (tertiary alicyclic amines) is 1. The average Bonchev–Trinajstić information content (AvgIpc) is 2.87. The zero-order valence-electron chi connectivity index (χ0n) is 10.8. The standard InChI is InChI=1S/C13H26N2O2/c1-17-9-11(3-2-6-14)15-7-10-4-5-13(16)12(10)8-15/h10-13,16H,2-9,14H2,1H3. The fraction of sp³-hybridized carbons (Fsp3) is 1.00. The monoisotopic (exact) mass is 242 g/mol. The van der Waals surface area contributed by atoms with E-state index in [2.05, 4.69) is 4.90 Å². The highest BCUT2D eigenvalue weighted by Gasteiger charge is 2.43. The fourth-order valence-corrected chi connectivity index (χ4v) is 3.49. The van der Waals surface area contributed by atoms with Gasteiger partial charge in [-0.25, -0.2) is 0 Å². The van der Waals surface area contributed by atoms with Gasteiger partial charge in [0.05, 0.1) is 12.7 Å². The van der Waals surface area contributed by atoms with Crippen molar-refractivity contribution >= 4 is 0 Å². The van der Waals surface area contributed by atoms with E-state index >= 15 is 0 Å². The van der Waals surface area contributed by atoms with Gasteiger partial charge in [0.2, 0.25) is 0 Å². The molecule has 4 atom stereocenters. The summed E-state index contributed by atoms with van der Waals surface area (Å²) in [6.07, 6.45) is 4.30.